The van der Waals surface area contributed by atoms with Crippen molar-refractivity contribution in [3.05, 3.63) is 118 Å². The van der Waals surface area contributed by atoms with Crippen LogP contribution in [0.25, 0.3) is 16.7 Å². The van der Waals surface area contributed by atoms with Crippen LogP contribution in [0.1, 0.15) is 103 Å². The van der Waals surface area contributed by atoms with Gasteiger partial charge in [0.25, 0.3) is 0 Å². The Balaban J connectivity index is 1.36. The van der Waals surface area contributed by atoms with E-state index in [2.05, 4.69) is 43.0 Å². The van der Waals surface area contributed by atoms with Crippen molar-refractivity contribution in [2.75, 3.05) is 18.1 Å². The molecule has 2 aliphatic heterocycles. The lowest BCUT2D eigenvalue weighted by Gasteiger charge is -2.33. The van der Waals surface area contributed by atoms with E-state index >= 15 is 8.63 Å². The highest BCUT2D eigenvalue weighted by Gasteiger charge is 2.56. The van der Waals surface area contributed by atoms with Crippen LogP contribution in [0.5, 0.6) is 11.5 Å². The molecule has 1 N–H and O–H groups in total. The van der Waals surface area contributed by atoms with Gasteiger partial charge in [0, 0.05) is 52.0 Å². The molecule has 0 spiro atoms. The van der Waals surface area contributed by atoms with E-state index in [0.717, 1.165) is 79.9 Å². The van der Waals surface area contributed by atoms with Gasteiger partial charge >= 0.3 is 12.9 Å². The Kier molecular flexibility index (Phi) is 13.3. The molecule has 0 unspecified atom stereocenters. The number of hydrogen-bond donors (Lipinski definition) is 1. The number of anilines is 3. The first kappa shape index (κ1) is 42.7. The molecule has 6 rings (SSSR count). The van der Waals surface area contributed by atoms with Crippen LogP contribution >= 0.6 is 0 Å². The summed E-state index contributed by atoms with van der Waals surface area (Å²) in [4.78, 5) is 13.8. The lowest BCUT2D eigenvalue weighted by Crippen LogP contribution is -2.51. The van der Waals surface area contributed by atoms with E-state index in [4.69, 9.17) is 9.47 Å². The molecule has 4 aromatic rings. The summed E-state index contributed by atoms with van der Waals surface area (Å²) >= 11 is 0. The van der Waals surface area contributed by atoms with E-state index in [-0.39, 0.29) is 5.71 Å². The first-order valence-electron chi connectivity index (χ1n) is 20.9. The fourth-order valence-corrected chi connectivity index (χ4v) is 8.63. The molecule has 59 heavy (non-hydrogen) atoms. The van der Waals surface area contributed by atoms with E-state index in [1.165, 1.54) is 31.8 Å². The van der Waals surface area contributed by atoms with Crippen molar-refractivity contribution in [1.82, 2.24) is 4.48 Å². The second-order valence-corrected chi connectivity index (χ2v) is 15.5. The molecule has 11 heteroatoms. The maximum absolute atomic E-state index is 17.0. The number of carboxylic acid groups (broad SMARTS) is 1. The van der Waals surface area contributed by atoms with Crippen LogP contribution in [0, 0.1) is 25.2 Å². The predicted molar refractivity (Wildman–Crippen MR) is 234 cm³/mol. The van der Waals surface area contributed by atoms with Crippen LogP contribution in [0.15, 0.2) is 101 Å². The molecular formula is C48H55BF2N4O4. The number of carbonyl (C=O) groups is 1. The Bertz CT molecular complexity index is 2310. The predicted octanol–water partition coefficient (Wildman–Crippen LogP) is 12.5. The van der Waals surface area contributed by atoms with Crippen LogP contribution in [-0.2, 0) is 4.79 Å². The van der Waals surface area contributed by atoms with Gasteiger partial charge in [-0.05, 0) is 124 Å². The number of aromatic nitrogens is 1. The van der Waals surface area contributed by atoms with Crippen molar-refractivity contribution in [2.24, 2.45) is 0 Å². The molecule has 0 bridgehead atoms. The lowest BCUT2D eigenvalue weighted by atomic mass is 9.86. The zero-order valence-corrected chi connectivity index (χ0v) is 35.4. The van der Waals surface area contributed by atoms with Crippen molar-refractivity contribution in [1.29, 1.82) is 5.26 Å². The molecule has 2 aliphatic rings. The summed E-state index contributed by atoms with van der Waals surface area (Å²) < 4.78 is 48.2. The number of ether oxygens (including phenoxy) is 2. The molecule has 0 atom stereocenters. The minimum absolute atomic E-state index is 0.205. The summed E-state index contributed by atoms with van der Waals surface area (Å²) in [6.07, 6.45) is 10.3. The Morgan fingerprint density at radius 2 is 1.27 bits per heavy atom. The Labute approximate surface area is 347 Å². The van der Waals surface area contributed by atoms with Gasteiger partial charge in [-0.25, -0.2) is 4.79 Å². The number of benzene rings is 3. The molecular weight excluding hydrogens is 745 g/mol. The number of nitrogens with zero attached hydrogens (tertiary/aromatic N) is 4. The van der Waals surface area contributed by atoms with Gasteiger partial charge in [0.1, 0.15) is 28.9 Å². The maximum Gasteiger partial charge on any atom is 0.737 e. The quantitative estimate of drug-likeness (QED) is 0.0466. The number of unbranched alkanes of at least 4 members (excludes halogenated alkanes) is 6. The van der Waals surface area contributed by atoms with Crippen molar-refractivity contribution in [2.45, 2.75) is 99.8 Å². The van der Waals surface area contributed by atoms with Gasteiger partial charge in [-0.2, -0.15) is 5.26 Å². The number of hydrogen-bond acceptors (Lipinski definition) is 5. The van der Waals surface area contributed by atoms with Crippen LogP contribution < -0.4 is 14.4 Å². The summed E-state index contributed by atoms with van der Waals surface area (Å²) in [5.74, 6) is 0.231. The molecule has 0 aliphatic carbocycles. The van der Waals surface area contributed by atoms with Crippen molar-refractivity contribution < 1.29 is 32.5 Å². The number of allylic oxidation sites excluding steroid dienone is 4. The first-order chi connectivity index (χ1) is 28.3. The topological polar surface area (TPSA) is 90.7 Å². The summed E-state index contributed by atoms with van der Waals surface area (Å²) in [6.45, 7) is 10.1. The first-order valence-corrected chi connectivity index (χ1v) is 20.9. The zero-order chi connectivity index (χ0) is 42.4. The fourth-order valence-electron chi connectivity index (χ4n) is 8.63. The van der Waals surface area contributed by atoms with Gasteiger partial charge in [-0.15, -0.1) is 0 Å². The summed E-state index contributed by atoms with van der Waals surface area (Å²) in [5, 5.41) is 18.9. The second-order valence-electron chi connectivity index (χ2n) is 15.5. The Morgan fingerprint density at radius 3 is 1.73 bits per heavy atom. The number of nitriles is 1. The van der Waals surface area contributed by atoms with Gasteiger partial charge in [0.05, 0.1) is 13.2 Å². The molecule has 0 fully saturated rings. The van der Waals surface area contributed by atoms with Gasteiger partial charge in [-0.3, -0.25) is 0 Å². The van der Waals surface area contributed by atoms with E-state index in [1.54, 1.807) is 26.8 Å². The summed E-state index contributed by atoms with van der Waals surface area (Å²) in [6, 6.07) is 25.9. The molecule has 308 valence electrons. The standard InChI is InChI=1S/C48H55BF2N4O4/c1-8-10-12-14-28-58-42-24-20-40(21-25-42)53(41-22-26-43(27-23-41)59-29-15-13-11-9-2)39-18-16-37(17-19-39)45-33(4)47-34(5)46-32(3)44(30-38(31-52)48(56)57)35(6)54(46)49(50,51)55(47)36(45)7/h16-27,30H,8-15,28-29H2,1-7H3,(H,56,57)/b38-30+. The molecule has 3 aromatic carbocycles. The number of rotatable bonds is 18. The molecule has 1 aromatic heterocycles. The molecule has 0 saturated heterocycles. The highest BCUT2D eigenvalue weighted by Crippen LogP contribution is 2.47. The van der Waals surface area contributed by atoms with Crippen LogP contribution in [0.4, 0.5) is 25.7 Å². The Morgan fingerprint density at radius 1 is 0.780 bits per heavy atom. The third-order valence-electron chi connectivity index (χ3n) is 11.6. The summed E-state index contributed by atoms with van der Waals surface area (Å²) in [7, 11) is 0. The van der Waals surface area contributed by atoms with E-state index in [1.807, 2.05) is 62.4 Å². The number of fused-ring (bicyclic) bond motifs is 2. The minimum atomic E-state index is -4.38. The monoisotopic (exact) mass is 800 g/mol. The van der Waals surface area contributed by atoms with Gasteiger partial charge in [0.15, 0.2) is 5.70 Å². The number of carboxylic acids is 1. The SMILES string of the molecule is CCCCCCOc1ccc(N(c2ccc(OCCCCCC)cc2)c2ccc(-c3c(C)c4n(c3C)[B-](F)(F)[N+]3=C(C)C(/C=C(\C#N)C(=O)O)=C(C)C3=C4C)cc2)cc1. The highest BCUT2D eigenvalue weighted by molar-refractivity contribution is 6.58. The highest BCUT2D eigenvalue weighted by atomic mass is 19.2. The third-order valence-corrected chi connectivity index (χ3v) is 11.6. The van der Waals surface area contributed by atoms with E-state index < -0.39 is 18.5 Å². The van der Waals surface area contributed by atoms with E-state index in [9.17, 15) is 15.2 Å². The number of halogens is 2. The molecule has 0 saturated carbocycles. The molecule has 0 radical (unpaired) electrons. The zero-order valence-electron chi connectivity index (χ0n) is 35.4. The van der Waals surface area contributed by atoms with Gasteiger partial charge in [-0.1, -0.05) is 64.5 Å². The van der Waals surface area contributed by atoms with Crippen molar-refractivity contribution >= 4 is 41.3 Å². The normalized spacial score (nSPS) is 14.7. The molecule has 8 nitrogen and oxygen atoms in total. The lowest BCUT2D eigenvalue weighted by molar-refractivity contribution is -0.363. The third kappa shape index (κ3) is 8.50. The van der Waals surface area contributed by atoms with Crippen LogP contribution in [0.2, 0.25) is 0 Å². The molecule has 3 heterocycles. The van der Waals surface area contributed by atoms with Gasteiger partial charge in [0.2, 0.25) is 0 Å². The Hall–Kier alpha value is -5.89. The van der Waals surface area contributed by atoms with Crippen LogP contribution in [0.3, 0.4) is 0 Å². The minimum Gasteiger partial charge on any atom is -0.494 e. The number of aliphatic carboxylic acids is 1. The van der Waals surface area contributed by atoms with Crippen molar-refractivity contribution in [3.8, 4) is 28.7 Å². The second kappa shape index (κ2) is 18.4. The smallest absolute Gasteiger partial charge is 0.494 e. The van der Waals surface area contributed by atoms with E-state index in [0.29, 0.717) is 47.0 Å². The van der Waals surface area contributed by atoms with Crippen molar-refractivity contribution in [3.63, 3.8) is 0 Å². The summed E-state index contributed by atoms with van der Waals surface area (Å²) in [5.41, 5.74) is 7.43. The average Bonchev–Trinajstić information content (AvgIpc) is 3.65. The van der Waals surface area contributed by atoms with Gasteiger partial charge < -0.3 is 37.1 Å². The molecule has 0 amide bonds. The average molecular weight is 801 g/mol. The fraction of sp³-hybridized carbons (Fsp3) is 0.354. The largest absolute Gasteiger partial charge is 0.737 e. The maximum atomic E-state index is 17.0. The van der Waals surface area contributed by atoms with Crippen LogP contribution in [-0.4, -0.2) is 45.9 Å².